The zero-order valence-electron chi connectivity index (χ0n) is 13.6. The molecule has 1 atom stereocenters. The third kappa shape index (κ3) is 3.34. The lowest BCUT2D eigenvalue weighted by Crippen LogP contribution is -2.40. The summed E-state index contributed by atoms with van der Waals surface area (Å²) in [6, 6.07) is 13.1. The number of carboxylic acids is 1. The summed E-state index contributed by atoms with van der Waals surface area (Å²) >= 11 is 1.45. The number of methoxy groups -OCH3 is 2. The van der Waals surface area contributed by atoms with Crippen molar-refractivity contribution in [1.29, 1.82) is 0 Å². The first-order chi connectivity index (χ1) is 11.6. The lowest BCUT2D eigenvalue weighted by atomic mass is 10.0. The van der Waals surface area contributed by atoms with Crippen molar-refractivity contribution in [2.24, 2.45) is 0 Å². The molecule has 1 unspecified atom stereocenters. The minimum absolute atomic E-state index is 0.435. The number of hydrogen-bond acceptors (Lipinski definition) is 5. The third-order valence-electron chi connectivity index (χ3n) is 4.01. The number of rotatable bonds is 5. The molecule has 0 amide bonds. The molecule has 1 aliphatic rings. The first kappa shape index (κ1) is 16.7. The van der Waals surface area contributed by atoms with Crippen LogP contribution < -0.4 is 9.47 Å². The summed E-state index contributed by atoms with van der Waals surface area (Å²) in [7, 11) is 3.18. The van der Waals surface area contributed by atoms with Gasteiger partial charge in [-0.1, -0.05) is 30.3 Å². The molecule has 3 rings (SSSR count). The average Bonchev–Trinajstić information content (AvgIpc) is 2.60. The van der Waals surface area contributed by atoms with Crippen LogP contribution in [0.2, 0.25) is 0 Å². The van der Waals surface area contributed by atoms with Gasteiger partial charge in [-0.2, -0.15) is 0 Å². The third-order valence-corrected chi connectivity index (χ3v) is 5.20. The molecule has 24 heavy (non-hydrogen) atoms. The maximum absolute atomic E-state index is 11.7. The second-order valence-electron chi connectivity index (χ2n) is 5.53. The van der Waals surface area contributed by atoms with Crippen molar-refractivity contribution in [3.63, 3.8) is 0 Å². The van der Waals surface area contributed by atoms with Gasteiger partial charge in [0.2, 0.25) is 0 Å². The van der Waals surface area contributed by atoms with Crippen LogP contribution in [0.4, 0.5) is 0 Å². The van der Waals surface area contributed by atoms with Gasteiger partial charge in [0, 0.05) is 17.9 Å². The van der Waals surface area contributed by atoms with Crippen molar-refractivity contribution >= 4 is 17.9 Å². The Balaban J connectivity index is 1.93. The minimum Gasteiger partial charge on any atom is -0.493 e. The Kier molecular flexibility index (Phi) is 4.97. The van der Waals surface area contributed by atoms with Gasteiger partial charge < -0.3 is 14.6 Å². The van der Waals surface area contributed by atoms with E-state index in [1.54, 1.807) is 14.2 Å². The number of ether oxygens (including phenoxy) is 2. The molecule has 0 aliphatic carbocycles. The number of aliphatic carboxylic acids is 1. The van der Waals surface area contributed by atoms with Gasteiger partial charge in [0.1, 0.15) is 6.04 Å². The molecule has 0 bridgehead atoms. The highest BCUT2D eigenvalue weighted by atomic mass is 32.2. The van der Waals surface area contributed by atoms with Crippen molar-refractivity contribution in [1.82, 2.24) is 4.31 Å². The van der Waals surface area contributed by atoms with Gasteiger partial charge in [-0.25, -0.2) is 4.31 Å². The molecule has 1 N–H and O–H groups in total. The zero-order chi connectivity index (χ0) is 17.1. The summed E-state index contributed by atoms with van der Waals surface area (Å²) in [6.07, 6.45) is 0.435. The van der Waals surface area contributed by atoms with E-state index < -0.39 is 12.0 Å². The Morgan fingerprint density at radius 3 is 2.50 bits per heavy atom. The van der Waals surface area contributed by atoms with Crippen LogP contribution in [0.3, 0.4) is 0 Å². The molecule has 1 heterocycles. The van der Waals surface area contributed by atoms with Crippen LogP contribution in [0.25, 0.3) is 0 Å². The van der Waals surface area contributed by atoms with E-state index >= 15 is 0 Å². The molecule has 0 aromatic heterocycles. The number of benzene rings is 2. The number of carboxylic acid groups (broad SMARTS) is 1. The van der Waals surface area contributed by atoms with Crippen LogP contribution in [0.5, 0.6) is 11.5 Å². The molecular formula is C18H19NO4S. The maximum Gasteiger partial charge on any atom is 0.322 e. The van der Waals surface area contributed by atoms with Crippen LogP contribution >= 0.6 is 11.9 Å². The lowest BCUT2D eigenvalue weighted by Gasteiger charge is -2.33. The molecule has 2 aromatic carbocycles. The van der Waals surface area contributed by atoms with Gasteiger partial charge >= 0.3 is 5.97 Å². The van der Waals surface area contributed by atoms with Crippen molar-refractivity contribution in [2.75, 3.05) is 14.2 Å². The van der Waals surface area contributed by atoms with Crippen LogP contribution in [-0.4, -0.2) is 35.6 Å². The molecule has 5 nitrogen and oxygen atoms in total. The highest BCUT2D eigenvalue weighted by Crippen LogP contribution is 2.42. The Morgan fingerprint density at radius 1 is 1.21 bits per heavy atom. The second kappa shape index (κ2) is 7.15. The number of fused-ring (bicyclic) bond motifs is 1. The van der Waals surface area contributed by atoms with Crippen molar-refractivity contribution < 1.29 is 19.4 Å². The first-order valence-corrected chi connectivity index (χ1v) is 8.36. The van der Waals surface area contributed by atoms with Gasteiger partial charge in [0.25, 0.3) is 0 Å². The molecule has 1 aliphatic heterocycles. The molecule has 0 saturated carbocycles. The monoisotopic (exact) mass is 345 g/mol. The fraction of sp³-hybridized carbons (Fsp3) is 0.278. The summed E-state index contributed by atoms with van der Waals surface area (Å²) in [5.74, 6) is 0.452. The molecular weight excluding hydrogens is 326 g/mol. The smallest absolute Gasteiger partial charge is 0.322 e. The number of nitrogens with zero attached hydrogens (tertiary/aromatic N) is 1. The summed E-state index contributed by atoms with van der Waals surface area (Å²) in [5, 5.41) is 9.63. The highest BCUT2D eigenvalue weighted by Gasteiger charge is 2.33. The number of hydrogen-bond donors (Lipinski definition) is 1. The quantitative estimate of drug-likeness (QED) is 0.840. The minimum atomic E-state index is -0.820. The van der Waals surface area contributed by atoms with Gasteiger partial charge in [-0.05, 0) is 35.2 Å². The lowest BCUT2D eigenvalue weighted by molar-refractivity contribution is -0.141. The molecule has 0 radical (unpaired) electrons. The van der Waals surface area contributed by atoms with Crippen LogP contribution in [0, 0.1) is 0 Å². The van der Waals surface area contributed by atoms with E-state index in [4.69, 9.17) is 9.47 Å². The molecule has 6 heteroatoms. The van der Waals surface area contributed by atoms with Crippen LogP contribution in [-0.2, 0) is 17.8 Å². The normalized spacial score (nSPS) is 17.2. The molecule has 2 aromatic rings. The van der Waals surface area contributed by atoms with E-state index in [1.807, 2.05) is 46.8 Å². The number of carbonyl (C=O) groups is 1. The predicted octanol–water partition coefficient (Wildman–Crippen LogP) is 3.22. The Hall–Kier alpha value is -2.18. The molecule has 0 spiro atoms. The SMILES string of the molecule is COc1cc2c(cc1OC)SN(Cc1ccccc1)C(C(=O)O)C2. The summed E-state index contributed by atoms with van der Waals surface area (Å²) in [6.45, 7) is 0.566. The Morgan fingerprint density at radius 2 is 1.88 bits per heavy atom. The van der Waals surface area contributed by atoms with Crippen LogP contribution in [0.15, 0.2) is 47.4 Å². The molecule has 0 saturated heterocycles. The van der Waals surface area contributed by atoms with E-state index in [1.165, 1.54) is 11.9 Å². The van der Waals surface area contributed by atoms with Crippen LogP contribution in [0.1, 0.15) is 11.1 Å². The van der Waals surface area contributed by atoms with E-state index in [2.05, 4.69) is 0 Å². The van der Waals surface area contributed by atoms with E-state index in [0.717, 1.165) is 16.0 Å². The maximum atomic E-state index is 11.7. The van der Waals surface area contributed by atoms with E-state index in [-0.39, 0.29) is 0 Å². The summed E-state index contributed by atoms with van der Waals surface area (Å²) in [4.78, 5) is 12.7. The van der Waals surface area contributed by atoms with Gasteiger partial charge in [-0.3, -0.25) is 4.79 Å². The summed E-state index contributed by atoms with van der Waals surface area (Å²) < 4.78 is 12.6. The average molecular weight is 345 g/mol. The van der Waals surface area contributed by atoms with Crippen molar-refractivity contribution in [3.05, 3.63) is 53.6 Å². The van der Waals surface area contributed by atoms with Crippen molar-refractivity contribution in [3.8, 4) is 11.5 Å². The molecule has 0 fully saturated rings. The van der Waals surface area contributed by atoms with Gasteiger partial charge in [-0.15, -0.1) is 0 Å². The predicted molar refractivity (Wildman–Crippen MR) is 92.5 cm³/mol. The highest BCUT2D eigenvalue weighted by molar-refractivity contribution is 7.97. The Bertz CT molecular complexity index is 735. The van der Waals surface area contributed by atoms with Gasteiger partial charge in [0.05, 0.1) is 14.2 Å². The summed E-state index contributed by atoms with van der Waals surface area (Å²) in [5.41, 5.74) is 2.05. The zero-order valence-corrected chi connectivity index (χ0v) is 14.4. The topological polar surface area (TPSA) is 59.0 Å². The molecule has 126 valence electrons. The second-order valence-corrected chi connectivity index (χ2v) is 6.62. The first-order valence-electron chi connectivity index (χ1n) is 7.58. The van der Waals surface area contributed by atoms with Crippen molar-refractivity contribution in [2.45, 2.75) is 23.9 Å². The largest absolute Gasteiger partial charge is 0.493 e. The fourth-order valence-electron chi connectivity index (χ4n) is 2.76. The Labute approximate surface area is 145 Å². The van der Waals surface area contributed by atoms with Gasteiger partial charge in [0.15, 0.2) is 11.5 Å². The van der Waals surface area contributed by atoms with E-state index in [0.29, 0.717) is 24.5 Å². The van der Waals surface area contributed by atoms with E-state index in [9.17, 15) is 9.90 Å². The standard InChI is InChI=1S/C18H19NO4S/c1-22-15-9-13-8-14(18(20)21)19(11-12-6-4-3-5-7-12)24-17(13)10-16(15)23-2/h3-7,9-10,14H,8,11H2,1-2H3,(H,20,21). The fourth-order valence-corrected chi connectivity index (χ4v) is 3.94.